The molecule has 0 aliphatic heterocycles. The normalized spacial score (nSPS) is 13.3. The van der Waals surface area contributed by atoms with Gasteiger partial charge in [-0.15, -0.1) is 0 Å². The molecule has 0 spiro atoms. The molecule has 0 atom stereocenters. The molecule has 15 heavy (non-hydrogen) atoms. The first kappa shape index (κ1) is 9.77. The maximum Gasteiger partial charge on any atom is 0.404 e. The molecule has 0 bridgehead atoms. The fraction of sp³-hybridized carbons (Fsp3) is 0.250. The molecule has 0 heterocycles. The zero-order chi connectivity index (χ0) is 10.7. The first-order chi connectivity index (χ1) is 7.27. The number of aryl methyl sites for hydroxylation is 1. The van der Waals surface area contributed by atoms with E-state index in [1.165, 1.54) is 11.1 Å². The minimum absolute atomic E-state index is 0.378. The lowest BCUT2D eigenvalue weighted by atomic mass is 9.93. The molecule has 0 fully saturated rings. The highest BCUT2D eigenvalue weighted by Gasteiger charge is 2.08. The quantitative estimate of drug-likeness (QED) is 0.775. The molecule has 1 aromatic rings. The molecule has 3 nitrogen and oxygen atoms in total. The van der Waals surface area contributed by atoms with Gasteiger partial charge in [-0.05, 0) is 29.5 Å². The molecule has 0 unspecified atom stereocenters. The summed E-state index contributed by atoms with van der Waals surface area (Å²) >= 11 is 0. The highest BCUT2D eigenvalue weighted by molar-refractivity contribution is 5.66. The van der Waals surface area contributed by atoms with Crippen molar-refractivity contribution < 1.29 is 9.90 Å². The van der Waals surface area contributed by atoms with Crippen molar-refractivity contribution in [3.05, 3.63) is 41.0 Å². The molecular weight excluding hydrogens is 190 g/mol. The smallest absolute Gasteiger partial charge is 0.404 e. The lowest BCUT2D eigenvalue weighted by molar-refractivity contribution is 0.194. The fourth-order valence-corrected chi connectivity index (χ4v) is 1.86. The van der Waals surface area contributed by atoms with Crippen LogP contribution in [-0.4, -0.2) is 11.2 Å². The topological polar surface area (TPSA) is 49.3 Å². The van der Waals surface area contributed by atoms with E-state index in [9.17, 15) is 4.79 Å². The van der Waals surface area contributed by atoms with E-state index >= 15 is 0 Å². The van der Waals surface area contributed by atoms with Crippen molar-refractivity contribution in [1.29, 1.82) is 0 Å². The standard InChI is InChI=1S/C12H13NO2/c14-12(15)13-8-10-6-3-5-9-4-1-2-7-11(9)10/h2-3,5-7,13H,1,4,8H2,(H,14,15). The predicted octanol–water partition coefficient (Wildman–Crippen LogP) is 2.41. The summed E-state index contributed by atoms with van der Waals surface area (Å²) in [7, 11) is 0. The number of amides is 1. The summed E-state index contributed by atoms with van der Waals surface area (Å²) in [5.41, 5.74) is 3.53. The van der Waals surface area contributed by atoms with Gasteiger partial charge in [0, 0.05) is 6.54 Å². The summed E-state index contributed by atoms with van der Waals surface area (Å²) in [6.07, 6.45) is 5.35. The van der Waals surface area contributed by atoms with Crippen molar-refractivity contribution in [2.75, 3.05) is 0 Å². The first-order valence-electron chi connectivity index (χ1n) is 5.01. The summed E-state index contributed by atoms with van der Waals surface area (Å²) in [6, 6.07) is 6.05. The number of hydrogen-bond acceptors (Lipinski definition) is 1. The highest BCUT2D eigenvalue weighted by atomic mass is 16.4. The molecule has 3 heteroatoms. The molecule has 2 N–H and O–H groups in total. The van der Waals surface area contributed by atoms with Crippen LogP contribution < -0.4 is 5.32 Å². The molecule has 1 aromatic carbocycles. The Balaban J connectivity index is 2.25. The SMILES string of the molecule is O=C(O)NCc1cccc2c1C=CCC2. The third-order valence-electron chi connectivity index (χ3n) is 2.58. The van der Waals surface area contributed by atoms with E-state index in [2.05, 4.69) is 23.5 Å². The van der Waals surface area contributed by atoms with Gasteiger partial charge >= 0.3 is 6.09 Å². The van der Waals surface area contributed by atoms with Crippen molar-refractivity contribution >= 4 is 12.2 Å². The van der Waals surface area contributed by atoms with Gasteiger partial charge in [0.15, 0.2) is 0 Å². The maximum absolute atomic E-state index is 10.4. The molecule has 78 valence electrons. The molecule has 1 aliphatic carbocycles. The van der Waals surface area contributed by atoms with Crippen LogP contribution in [0, 0.1) is 0 Å². The van der Waals surface area contributed by atoms with Gasteiger partial charge in [-0.1, -0.05) is 30.4 Å². The zero-order valence-corrected chi connectivity index (χ0v) is 8.36. The fourth-order valence-electron chi connectivity index (χ4n) is 1.86. The van der Waals surface area contributed by atoms with E-state index < -0.39 is 6.09 Å². The Hall–Kier alpha value is -1.77. The predicted molar refractivity (Wildman–Crippen MR) is 58.7 cm³/mol. The van der Waals surface area contributed by atoms with Crippen LogP contribution in [0.4, 0.5) is 4.79 Å². The van der Waals surface area contributed by atoms with Gasteiger partial charge in [0.05, 0.1) is 0 Å². The summed E-state index contributed by atoms with van der Waals surface area (Å²) < 4.78 is 0. The van der Waals surface area contributed by atoms with Crippen molar-refractivity contribution in [2.24, 2.45) is 0 Å². The highest BCUT2D eigenvalue weighted by Crippen LogP contribution is 2.22. The number of nitrogens with one attached hydrogen (secondary N) is 1. The third kappa shape index (κ3) is 2.18. The molecule has 0 aromatic heterocycles. The van der Waals surface area contributed by atoms with Gasteiger partial charge in [0.2, 0.25) is 0 Å². The van der Waals surface area contributed by atoms with Gasteiger partial charge in [0.1, 0.15) is 0 Å². The van der Waals surface area contributed by atoms with E-state index in [1.54, 1.807) is 0 Å². The molecular formula is C12H13NO2. The number of fused-ring (bicyclic) bond motifs is 1. The second-order valence-electron chi connectivity index (χ2n) is 3.59. The minimum Gasteiger partial charge on any atom is -0.465 e. The summed E-state index contributed by atoms with van der Waals surface area (Å²) in [4.78, 5) is 10.4. The summed E-state index contributed by atoms with van der Waals surface area (Å²) in [5, 5.41) is 10.9. The average Bonchev–Trinajstić information content (AvgIpc) is 2.26. The Morgan fingerprint density at radius 3 is 3.13 bits per heavy atom. The van der Waals surface area contributed by atoms with Crippen LogP contribution in [0.3, 0.4) is 0 Å². The molecule has 2 rings (SSSR count). The largest absolute Gasteiger partial charge is 0.465 e. The molecule has 0 radical (unpaired) electrons. The second-order valence-corrected chi connectivity index (χ2v) is 3.59. The summed E-state index contributed by atoms with van der Waals surface area (Å²) in [6.45, 7) is 0.378. The van der Waals surface area contributed by atoms with Crippen LogP contribution in [-0.2, 0) is 13.0 Å². The number of hydrogen-bond donors (Lipinski definition) is 2. The Kier molecular flexibility index (Phi) is 2.72. The van der Waals surface area contributed by atoms with Crippen LogP contribution in [0.2, 0.25) is 0 Å². The number of carbonyl (C=O) groups is 1. The number of allylic oxidation sites excluding steroid dienone is 1. The third-order valence-corrected chi connectivity index (χ3v) is 2.58. The van der Waals surface area contributed by atoms with Crippen LogP contribution in [0.25, 0.3) is 6.08 Å². The van der Waals surface area contributed by atoms with E-state index in [1.807, 2.05) is 12.1 Å². The Morgan fingerprint density at radius 1 is 1.47 bits per heavy atom. The number of carboxylic acid groups (broad SMARTS) is 1. The number of benzene rings is 1. The zero-order valence-electron chi connectivity index (χ0n) is 8.36. The minimum atomic E-state index is -0.979. The van der Waals surface area contributed by atoms with Crippen molar-refractivity contribution in [2.45, 2.75) is 19.4 Å². The lowest BCUT2D eigenvalue weighted by Gasteiger charge is -2.14. The van der Waals surface area contributed by atoms with Crippen molar-refractivity contribution in [3.63, 3.8) is 0 Å². The van der Waals surface area contributed by atoms with Crippen molar-refractivity contribution in [1.82, 2.24) is 5.32 Å². The van der Waals surface area contributed by atoms with Crippen LogP contribution >= 0.6 is 0 Å². The monoisotopic (exact) mass is 203 g/mol. The van der Waals surface area contributed by atoms with Gasteiger partial charge in [-0.3, -0.25) is 0 Å². The van der Waals surface area contributed by atoms with Gasteiger partial charge < -0.3 is 10.4 Å². The van der Waals surface area contributed by atoms with Gasteiger partial charge in [0.25, 0.3) is 0 Å². The Morgan fingerprint density at radius 2 is 2.33 bits per heavy atom. The van der Waals surface area contributed by atoms with E-state index in [-0.39, 0.29) is 0 Å². The Bertz CT molecular complexity index is 410. The van der Waals surface area contributed by atoms with Crippen molar-refractivity contribution in [3.8, 4) is 0 Å². The average molecular weight is 203 g/mol. The molecule has 1 amide bonds. The van der Waals surface area contributed by atoms with Crippen LogP contribution in [0.5, 0.6) is 0 Å². The second kappa shape index (κ2) is 4.17. The lowest BCUT2D eigenvalue weighted by Crippen LogP contribution is -2.20. The molecule has 0 saturated heterocycles. The van der Waals surface area contributed by atoms with E-state index in [0.29, 0.717) is 6.54 Å². The Labute approximate surface area is 88.4 Å². The van der Waals surface area contributed by atoms with E-state index in [0.717, 1.165) is 18.4 Å². The van der Waals surface area contributed by atoms with Gasteiger partial charge in [-0.2, -0.15) is 0 Å². The number of rotatable bonds is 2. The van der Waals surface area contributed by atoms with Crippen LogP contribution in [0.1, 0.15) is 23.1 Å². The first-order valence-corrected chi connectivity index (χ1v) is 5.01. The van der Waals surface area contributed by atoms with Crippen LogP contribution in [0.15, 0.2) is 24.3 Å². The molecule has 1 aliphatic rings. The summed E-state index contributed by atoms with van der Waals surface area (Å²) in [5.74, 6) is 0. The maximum atomic E-state index is 10.4. The molecule has 0 saturated carbocycles. The van der Waals surface area contributed by atoms with Gasteiger partial charge in [-0.25, -0.2) is 4.79 Å². The van der Waals surface area contributed by atoms with E-state index in [4.69, 9.17) is 5.11 Å².